The number of nitrogens with zero attached hydrogens (tertiary/aromatic N) is 1. The van der Waals surface area contributed by atoms with E-state index in [1.54, 1.807) is 0 Å². The normalized spacial score (nSPS) is 9.90. The molecule has 0 saturated heterocycles. The molecule has 1 rings (SSSR count). The lowest BCUT2D eigenvalue weighted by Crippen LogP contribution is -1.89. The zero-order valence-corrected chi connectivity index (χ0v) is 9.31. The monoisotopic (exact) mass is 311 g/mol. The predicted molar refractivity (Wildman–Crippen MR) is 54.0 cm³/mol. The van der Waals surface area contributed by atoms with Crippen LogP contribution in [0.1, 0.15) is 12.5 Å². The lowest BCUT2D eigenvalue weighted by atomic mass is 10.2. The van der Waals surface area contributed by atoms with Crippen LogP contribution in [-0.4, -0.2) is 4.98 Å². The van der Waals surface area contributed by atoms with E-state index in [9.17, 15) is 0 Å². The fourth-order valence-electron chi connectivity index (χ4n) is 0.705. The van der Waals surface area contributed by atoms with Gasteiger partial charge in [-0.05, 0) is 56.6 Å². The summed E-state index contributed by atoms with van der Waals surface area (Å²) >= 11 is 5.55. The van der Waals surface area contributed by atoms with E-state index in [2.05, 4.69) is 56.5 Å². The van der Waals surface area contributed by atoms with E-state index < -0.39 is 0 Å². The highest BCUT2D eigenvalue weighted by Gasteiger charge is 1.97. The van der Waals surface area contributed by atoms with E-state index in [-0.39, 0.29) is 0 Å². The van der Waals surface area contributed by atoms with E-state index in [0.29, 0.717) is 0 Å². The Morgan fingerprint density at radius 1 is 1.60 bits per heavy atom. The van der Waals surface area contributed by atoms with Gasteiger partial charge in [-0.1, -0.05) is 13.0 Å². The minimum absolute atomic E-state index is 0.911. The van der Waals surface area contributed by atoms with E-state index >= 15 is 0 Å². The van der Waals surface area contributed by atoms with Gasteiger partial charge in [-0.25, -0.2) is 4.98 Å². The van der Waals surface area contributed by atoms with Gasteiger partial charge in [0.1, 0.15) is 8.30 Å². The van der Waals surface area contributed by atoms with Gasteiger partial charge >= 0.3 is 0 Å². The molecule has 0 unspecified atom stereocenters. The molecule has 0 saturated carbocycles. The molecule has 1 heterocycles. The largest absolute Gasteiger partial charge is 0.235 e. The summed E-state index contributed by atoms with van der Waals surface area (Å²) in [7, 11) is 0. The van der Waals surface area contributed by atoms with Crippen molar-refractivity contribution in [3.63, 3.8) is 0 Å². The molecule has 54 valence electrons. The molecule has 1 nitrogen and oxygen atoms in total. The van der Waals surface area contributed by atoms with Crippen LogP contribution < -0.4 is 0 Å². The lowest BCUT2D eigenvalue weighted by Gasteiger charge is -1.98. The molecule has 0 bridgehead atoms. The first-order chi connectivity index (χ1) is 4.74. The summed E-state index contributed by atoms with van der Waals surface area (Å²) in [5.74, 6) is 0. The number of aromatic nitrogens is 1. The Morgan fingerprint density at radius 3 is 2.80 bits per heavy atom. The summed E-state index contributed by atoms with van der Waals surface area (Å²) < 4.78 is 2.00. The van der Waals surface area contributed by atoms with Crippen molar-refractivity contribution in [3.8, 4) is 0 Å². The van der Waals surface area contributed by atoms with Crippen molar-refractivity contribution < 1.29 is 0 Å². The summed E-state index contributed by atoms with van der Waals surface area (Å²) in [5.41, 5.74) is 1.31. The average Bonchev–Trinajstić information content (AvgIpc) is 1.88. The van der Waals surface area contributed by atoms with Crippen molar-refractivity contribution in [2.45, 2.75) is 13.3 Å². The first kappa shape index (κ1) is 8.46. The van der Waals surface area contributed by atoms with Gasteiger partial charge in [-0.3, -0.25) is 0 Å². The van der Waals surface area contributed by atoms with Crippen molar-refractivity contribution in [3.05, 3.63) is 26.0 Å². The zero-order valence-electron chi connectivity index (χ0n) is 5.56. The minimum Gasteiger partial charge on any atom is -0.235 e. The molecule has 0 aliphatic carbocycles. The summed E-state index contributed by atoms with van der Waals surface area (Å²) in [6, 6.07) is 4.07. The van der Waals surface area contributed by atoms with Gasteiger partial charge in [0.05, 0.1) is 0 Å². The van der Waals surface area contributed by atoms with Crippen LogP contribution in [0.3, 0.4) is 0 Å². The maximum absolute atomic E-state index is 4.25. The molecule has 0 amide bonds. The molecule has 0 N–H and O–H groups in total. The van der Waals surface area contributed by atoms with Crippen LogP contribution >= 0.6 is 38.5 Å². The summed E-state index contributed by atoms with van der Waals surface area (Å²) in [6.07, 6.45) is 1.05. The number of hydrogen-bond donors (Lipinski definition) is 0. The summed E-state index contributed by atoms with van der Waals surface area (Å²) in [4.78, 5) is 4.25. The number of pyridine rings is 1. The smallest absolute Gasteiger partial charge is 0.107 e. The maximum Gasteiger partial charge on any atom is 0.107 e. The van der Waals surface area contributed by atoms with Crippen LogP contribution in [0.4, 0.5) is 0 Å². The highest BCUT2D eigenvalue weighted by atomic mass is 127. The van der Waals surface area contributed by atoms with Gasteiger partial charge in [0.25, 0.3) is 0 Å². The first-order valence-corrected chi connectivity index (χ1v) is 4.92. The van der Waals surface area contributed by atoms with Crippen molar-refractivity contribution >= 4 is 38.5 Å². The molecule has 1 aromatic rings. The molecule has 0 spiro atoms. The highest BCUT2D eigenvalue weighted by Crippen LogP contribution is 2.14. The number of halogens is 2. The van der Waals surface area contributed by atoms with Crippen molar-refractivity contribution in [2.75, 3.05) is 0 Å². The zero-order chi connectivity index (χ0) is 7.56. The molecule has 0 radical (unpaired) electrons. The van der Waals surface area contributed by atoms with Crippen molar-refractivity contribution in [2.24, 2.45) is 0 Å². The van der Waals surface area contributed by atoms with Crippen molar-refractivity contribution in [1.29, 1.82) is 0 Å². The lowest BCUT2D eigenvalue weighted by molar-refractivity contribution is 1.06. The molecule has 0 aliphatic rings. The van der Waals surface area contributed by atoms with E-state index in [0.717, 1.165) is 14.7 Å². The number of rotatable bonds is 1. The second-order valence-corrected chi connectivity index (χ2v) is 3.77. The Labute approximate surface area is 82.5 Å². The third-order valence-corrected chi connectivity index (χ3v) is 2.65. The molecule has 0 atom stereocenters. The molecule has 0 aromatic carbocycles. The topological polar surface area (TPSA) is 12.9 Å². The standard InChI is InChI=1S/C7H7BrIN/c1-2-5-3-4-6(8)10-7(5)9/h3-4H,2H2,1H3. The Bertz CT molecular complexity index is 237. The quantitative estimate of drug-likeness (QED) is 0.574. The van der Waals surface area contributed by atoms with Gasteiger partial charge < -0.3 is 0 Å². The Morgan fingerprint density at radius 2 is 2.30 bits per heavy atom. The third-order valence-electron chi connectivity index (χ3n) is 1.27. The summed E-state index contributed by atoms with van der Waals surface area (Å²) in [6.45, 7) is 2.13. The second kappa shape index (κ2) is 3.67. The van der Waals surface area contributed by atoms with Gasteiger partial charge in [0.15, 0.2) is 0 Å². The van der Waals surface area contributed by atoms with Gasteiger partial charge in [-0.2, -0.15) is 0 Å². The van der Waals surface area contributed by atoms with Crippen LogP contribution in [-0.2, 0) is 6.42 Å². The molecular formula is C7H7BrIN. The van der Waals surface area contributed by atoms with Crippen LogP contribution in [0.2, 0.25) is 0 Å². The second-order valence-electron chi connectivity index (χ2n) is 1.94. The first-order valence-electron chi connectivity index (χ1n) is 3.05. The Kier molecular flexibility index (Phi) is 3.10. The van der Waals surface area contributed by atoms with Gasteiger partial charge in [-0.15, -0.1) is 0 Å². The fourth-order valence-corrected chi connectivity index (χ4v) is 2.17. The Hall–Kier alpha value is 0.360. The van der Waals surface area contributed by atoms with Crippen LogP contribution in [0.25, 0.3) is 0 Å². The van der Waals surface area contributed by atoms with E-state index in [1.165, 1.54) is 5.56 Å². The van der Waals surface area contributed by atoms with Crippen LogP contribution in [0, 0.1) is 3.70 Å². The molecule has 1 aromatic heterocycles. The van der Waals surface area contributed by atoms with Gasteiger partial charge in [0.2, 0.25) is 0 Å². The minimum atomic E-state index is 0.911. The molecule has 0 fully saturated rings. The summed E-state index contributed by atoms with van der Waals surface area (Å²) in [5, 5.41) is 0. The number of hydrogen-bond acceptors (Lipinski definition) is 1. The van der Waals surface area contributed by atoms with Crippen molar-refractivity contribution in [1.82, 2.24) is 4.98 Å². The maximum atomic E-state index is 4.25. The molecular weight excluding hydrogens is 305 g/mol. The SMILES string of the molecule is CCc1ccc(Br)nc1I. The molecule has 3 heteroatoms. The predicted octanol–water partition coefficient (Wildman–Crippen LogP) is 3.01. The number of aryl methyl sites for hydroxylation is 1. The van der Waals surface area contributed by atoms with Gasteiger partial charge in [0, 0.05) is 0 Å². The highest BCUT2D eigenvalue weighted by molar-refractivity contribution is 14.1. The fraction of sp³-hybridized carbons (Fsp3) is 0.286. The van der Waals surface area contributed by atoms with Crippen LogP contribution in [0.15, 0.2) is 16.7 Å². The molecule has 10 heavy (non-hydrogen) atoms. The van der Waals surface area contributed by atoms with E-state index in [4.69, 9.17) is 0 Å². The Balaban J connectivity index is 3.07. The average molecular weight is 312 g/mol. The van der Waals surface area contributed by atoms with E-state index in [1.807, 2.05) is 6.07 Å². The third kappa shape index (κ3) is 1.92. The van der Waals surface area contributed by atoms with Crippen LogP contribution in [0.5, 0.6) is 0 Å². The molecule has 0 aliphatic heterocycles.